The maximum Gasteiger partial charge on any atom is 0.338 e. The van der Waals surface area contributed by atoms with Crippen molar-refractivity contribution in [2.75, 3.05) is 75.8 Å². The van der Waals surface area contributed by atoms with E-state index in [-0.39, 0.29) is 12.6 Å². The first-order valence-electron chi connectivity index (χ1n) is 12.2. The normalized spacial score (nSPS) is 11.0. The number of esters is 1. The molecule has 0 aliphatic heterocycles. The molecule has 0 saturated carbocycles. The second-order valence-electron chi connectivity index (χ2n) is 7.55. The minimum absolute atomic E-state index is 0.219. The third kappa shape index (κ3) is 18.1. The summed E-state index contributed by atoms with van der Waals surface area (Å²) in [6.45, 7) is 7.70. The molecule has 0 aliphatic carbocycles. The molecule has 0 amide bonds. The first-order chi connectivity index (χ1) is 16.3. The van der Waals surface area contributed by atoms with Crippen LogP contribution in [0.3, 0.4) is 0 Å². The van der Waals surface area contributed by atoms with E-state index in [1.807, 2.05) is 12.1 Å². The summed E-state index contributed by atoms with van der Waals surface area (Å²) >= 11 is 2.42. The van der Waals surface area contributed by atoms with E-state index >= 15 is 0 Å². The largest absolute Gasteiger partial charge is 0.460 e. The zero-order valence-corrected chi connectivity index (χ0v) is 22.3. The van der Waals surface area contributed by atoms with Gasteiger partial charge < -0.3 is 29.0 Å². The van der Waals surface area contributed by atoms with E-state index in [0.717, 1.165) is 38.1 Å². The Bertz CT molecular complexity index is 573. The standard InChI is InChI=1S/C25H42INO6/c1-2-3-13-27-24-10-8-23(9-11-24)25(28)33-22-21-32-20-19-31-18-17-30-16-15-29-14-7-5-4-6-12-26/h8-11,27H,2-7,12-22H2,1H3. The highest BCUT2D eigenvalue weighted by Gasteiger charge is 2.06. The maximum absolute atomic E-state index is 12.0. The zero-order valence-electron chi connectivity index (χ0n) is 20.2. The highest BCUT2D eigenvalue weighted by atomic mass is 127. The van der Waals surface area contributed by atoms with Gasteiger partial charge in [0.25, 0.3) is 0 Å². The van der Waals surface area contributed by atoms with E-state index in [2.05, 4.69) is 34.8 Å². The Labute approximate surface area is 213 Å². The molecule has 0 aromatic heterocycles. The van der Waals surface area contributed by atoms with Gasteiger partial charge in [0.1, 0.15) is 6.61 Å². The summed E-state index contributed by atoms with van der Waals surface area (Å²) in [6.07, 6.45) is 7.23. The molecule has 8 heteroatoms. The molecule has 1 aromatic carbocycles. The second-order valence-corrected chi connectivity index (χ2v) is 8.63. The van der Waals surface area contributed by atoms with Gasteiger partial charge in [-0.25, -0.2) is 4.79 Å². The molecule has 0 bridgehead atoms. The fourth-order valence-electron chi connectivity index (χ4n) is 2.82. The Morgan fingerprint density at radius 3 is 1.85 bits per heavy atom. The lowest BCUT2D eigenvalue weighted by Crippen LogP contribution is -2.14. The smallest absolute Gasteiger partial charge is 0.338 e. The SMILES string of the molecule is CCCCNc1ccc(C(=O)OCCOCCOCCOCCOCCCCCCI)cc1. The average Bonchev–Trinajstić information content (AvgIpc) is 2.83. The molecule has 0 fully saturated rings. The highest BCUT2D eigenvalue weighted by Crippen LogP contribution is 2.11. The number of nitrogens with one attached hydrogen (secondary N) is 1. The predicted octanol–water partition coefficient (Wildman–Crippen LogP) is 5.12. The predicted molar refractivity (Wildman–Crippen MR) is 141 cm³/mol. The molecule has 0 aliphatic rings. The van der Waals surface area contributed by atoms with Gasteiger partial charge >= 0.3 is 5.97 Å². The van der Waals surface area contributed by atoms with Gasteiger partial charge in [-0.3, -0.25) is 0 Å². The molecule has 0 saturated heterocycles. The van der Waals surface area contributed by atoms with E-state index < -0.39 is 0 Å². The molecular formula is C25H42INO6. The molecule has 7 nitrogen and oxygen atoms in total. The fourth-order valence-corrected chi connectivity index (χ4v) is 3.36. The van der Waals surface area contributed by atoms with E-state index in [0.29, 0.717) is 51.8 Å². The van der Waals surface area contributed by atoms with E-state index in [1.165, 1.54) is 23.7 Å². The van der Waals surface area contributed by atoms with E-state index in [1.54, 1.807) is 12.1 Å². The number of carbonyl (C=O) groups is 1. The third-order valence-electron chi connectivity index (χ3n) is 4.73. The molecule has 0 unspecified atom stereocenters. The van der Waals surface area contributed by atoms with Crippen molar-refractivity contribution < 1.29 is 28.5 Å². The van der Waals surface area contributed by atoms with Crippen LogP contribution in [-0.2, 0) is 23.7 Å². The Balaban J connectivity index is 1.85. The lowest BCUT2D eigenvalue weighted by molar-refractivity contribution is -0.00913. The van der Waals surface area contributed by atoms with E-state index in [9.17, 15) is 4.79 Å². The molecular weight excluding hydrogens is 537 g/mol. The van der Waals surface area contributed by atoms with Crippen LogP contribution in [0.1, 0.15) is 55.8 Å². The fraction of sp³-hybridized carbons (Fsp3) is 0.720. The minimum Gasteiger partial charge on any atom is -0.460 e. The van der Waals surface area contributed by atoms with Crippen LogP contribution in [0, 0.1) is 0 Å². The van der Waals surface area contributed by atoms with Gasteiger partial charge in [-0.1, -0.05) is 48.8 Å². The lowest BCUT2D eigenvalue weighted by Gasteiger charge is -2.09. The maximum atomic E-state index is 12.0. The summed E-state index contributed by atoms with van der Waals surface area (Å²) in [7, 11) is 0. The van der Waals surface area contributed by atoms with Crippen molar-refractivity contribution in [3.63, 3.8) is 0 Å². The number of ether oxygens (including phenoxy) is 5. The molecule has 190 valence electrons. The molecule has 33 heavy (non-hydrogen) atoms. The number of unbranched alkanes of at least 4 members (excludes halogenated alkanes) is 4. The minimum atomic E-state index is -0.340. The summed E-state index contributed by atoms with van der Waals surface area (Å²) < 4.78 is 28.4. The van der Waals surface area contributed by atoms with Crippen molar-refractivity contribution in [2.24, 2.45) is 0 Å². The first kappa shape index (κ1) is 30.1. The summed E-state index contributed by atoms with van der Waals surface area (Å²) in [6, 6.07) is 7.33. The monoisotopic (exact) mass is 579 g/mol. The number of benzene rings is 1. The van der Waals surface area contributed by atoms with Gasteiger partial charge in [-0.2, -0.15) is 0 Å². The Morgan fingerprint density at radius 2 is 1.27 bits per heavy atom. The molecule has 1 aromatic rings. The molecule has 0 spiro atoms. The molecule has 0 heterocycles. The highest BCUT2D eigenvalue weighted by molar-refractivity contribution is 14.1. The number of carbonyl (C=O) groups excluding carboxylic acids is 1. The number of anilines is 1. The second kappa shape index (κ2) is 22.8. The summed E-state index contributed by atoms with van der Waals surface area (Å²) in [5.74, 6) is -0.340. The van der Waals surface area contributed by atoms with Crippen LogP contribution in [0.2, 0.25) is 0 Å². The molecule has 1 N–H and O–H groups in total. The number of hydrogen-bond donors (Lipinski definition) is 1. The quantitative estimate of drug-likeness (QED) is 0.0836. The van der Waals surface area contributed by atoms with Crippen molar-refractivity contribution in [3.05, 3.63) is 29.8 Å². The molecule has 0 radical (unpaired) electrons. The Hall–Kier alpha value is -0.940. The van der Waals surface area contributed by atoms with Crippen molar-refractivity contribution >= 4 is 34.2 Å². The Kier molecular flexibility index (Phi) is 20.8. The summed E-state index contributed by atoms with van der Waals surface area (Å²) in [5.41, 5.74) is 1.55. The summed E-state index contributed by atoms with van der Waals surface area (Å²) in [4.78, 5) is 12.0. The van der Waals surface area contributed by atoms with Gasteiger partial charge in [0.2, 0.25) is 0 Å². The number of halogens is 1. The van der Waals surface area contributed by atoms with Crippen LogP contribution in [0.5, 0.6) is 0 Å². The van der Waals surface area contributed by atoms with Crippen LogP contribution in [0.25, 0.3) is 0 Å². The van der Waals surface area contributed by atoms with Crippen LogP contribution >= 0.6 is 22.6 Å². The summed E-state index contributed by atoms with van der Waals surface area (Å²) in [5, 5.41) is 3.32. The van der Waals surface area contributed by atoms with Gasteiger partial charge in [0.05, 0.1) is 51.8 Å². The van der Waals surface area contributed by atoms with Gasteiger partial charge in [-0.05, 0) is 48.0 Å². The van der Waals surface area contributed by atoms with Gasteiger partial charge in [0.15, 0.2) is 0 Å². The van der Waals surface area contributed by atoms with Gasteiger partial charge in [-0.15, -0.1) is 0 Å². The first-order valence-corrected chi connectivity index (χ1v) is 13.7. The lowest BCUT2D eigenvalue weighted by atomic mass is 10.2. The van der Waals surface area contributed by atoms with Crippen molar-refractivity contribution in [1.29, 1.82) is 0 Å². The number of hydrogen-bond acceptors (Lipinski definition) is 7. The molecule has 1 rings (SSSR count). The molecule has 0 atom stereocenters. The zero-order chi connectivity index (χ0) is 23.8. The van der Waals surface area contributed by atoms with Crippen LogP contribution in [-0.4, -0.2) is 76.4 Å². The topological polar surface area (TPSA) is 75.3 Å². The van der Waals surface area contributed by atoms with Crippen LogP contribution in [0.15, 0.2) is 24.3 Å². The van der Waals surface area contributed by atoms with Crippen molar-refractivity contribution in [2.45, 2.75) is 45.4 Å². The Morgan fingerprint density at radius 1 is 0.727 bits per heavy atom. The van der Waals surface area contributed by atoms with Crippen molar-refractivity contribution in [3.8, 4) is 0 Å². The number of rotatable bonds is 23. The van der Waals surface area contributed by atoms with Crippen LogP contribution in [0.4, 0.5) is 5.69 Å². The van der Waals surface area contributed by atoms with Crippen molar-refractivity contribution in [1.82, 2.24) is 0 Å². The average molecular weight is 580 g/mol. The van der Waals surface area contributed by atoms with Gasteiger partial charge in [0, 0.05) is 18.8 Å². The van der Waals surface area contributed by atoms with E-state index in [4.69, 9.17) is 23.7 Å². The third-order valence-corrected chi connectivity index (χ3v) is 5.49. The van der Waals surface area contributed by atoms with Crippen LogP contribution < -0.4 is 5.32 Å². The number of alkyl halides is 1.